The number of hydrogen-bond acceptors (Lipinski definition) is 3. The molecule has 0 fully saturated rings. The molecule has 0 heterocycles. The van der Waals surface area contributed by atoms with E-state index in [0.717, 1.165) is 19.3 Å². The number of halogens is 1. The Morgan fingerprint density at radius 1 is 1.25 bits per heavy atom. The summed E-state index contributed by atoms with van der Waals surface area (Å²) in [6, 6.07) is 8.53. The van der Waals surface area contributed by atoms with E-state index < -0.39 is 0 Å². The summed E-state index contributed by atoms with van der Waals surface area (Å²) in [5, 5.41) is 0. The van der Waals surface area contributed by atoms with Crippen LogP contribution in [0.2, 0.25) is 0 Å². The van der Waals surface area contributed by atoms with Gasteiger partial charge in [0.1, 0.15) is 4.83 Å². The molecule has 1 rings (SSSR count). The van der Waals surface area contributed by atoms with Gasteiger partial charge in [0.05, 0.1) is 6.10 Å². The Kier molecular flexibility index (Phi) is 7.06. The van der Waals surface area contributed by atoms with E-state index in [2.05, 4.69) is 45.1 Å². The lowest BCUT2D eigenvalue weighted by Crippen LogP contribution is -2.21. The minimum Gasteiger partial charge on any atom is -0.462 e. The summed E-state index contributed by atoms with van der Waals surface area (Å²) in [5.74, 6) is -0.164. The van der Waals surface area contributed by atoms with Crippen LogP contribution < -0.4 is 4.90 Å². The summed E-state index contributed by atoms with van der Waals surface area (Å²) >= 11 is 3.39. The highest BCUT2D eigenvalue weighted by molar-refractivity contribution is 9.10. The van der Waals surface area contributed by atoms with Crippen molar-refractivity contribution >= 4 is 27.6 Å². The Bertz CT molecular complexity index is 415. The molecule has 0 aliphatic carbocycles. The number of anilines is 1. The third-order valence-corrected chi connectivity index (χ3v) is 3.82. The highest BCUT2D eigenvalue weighted by Gasteiger charge is 2.17. The van der Waals surface area contributed by atoms with E-state index in [0.29, 0.717) is 0 Å². The van der Waals surface area contributed by atoms with Crippen LogP contribution in [0.15, 0.2) is 24.3 Å². The van der Waals surface area contributed by atoms with Gasteiger partial charge in [0.15, 0.2) is 0 Å². The van der Waals surface area contributed by atoms with Crippen molar-refractivity contribution in [3.63, 3.8) is 0 Å². The van der Waals surface area contributed by atoms with Crippen molar-refractivity contribution in [2.24, 2.45) is 0 Å². The molecule has 0 bridgehead atoms. The van der Waals surface area contributed by atoms with Crippen molar-refractivity contribution in [1.29, 1.82) is 0 Å². The molecule has 0 spiro atoms. The van der Waals surface area contributed by atoms with Crippen LogP contribution >= 0.6 is 15.9 Å². The Hall–Kier alpha value is -1.03. The SMILES string of the molecule is CC(C)OC(=O)C(Br)CCCc1ccc(N(C)C)cc1. The molecule has 1 aromatic rings. The number of carbonyl (C=O) groups excluding carboxylic acids is 1. The second kappa shape index (κ2) is 8.30. The minimum absolute atomic E-state index is 0.0545. The Balaban J connectivity index is 2.35. The molecule has 0 aliphatic heterocycles. The molecule has 3 nitrogen and oxygen atoms in total. The largest absolute Gasteiger partial charge is 0.462 e. The van der Waals surface area contributed by atoms with Gasteiger partial charge >= 0.3 is 5.97 Å². The summed E-state index contributed by atoms with van der Waals surface area (Å²) in [6.07, 6.45) is 2.68. The highest BCUT2D eigenvalue weighted by atomic mass is 79.9. The molecule has 112 valence electrons. The normalized spacial score (nSPS) is 12.3. The number of ether oxygens (including phenoxy) is 1. The number of rotatable bonds is 7. The quantitative estimate of drug-likeness (QED) is 0.558. The second-order valence-corrected chi connectivity index (χ2v) is 6.51. The molecular formula is C16H24BrNO2. The zero-order chi connectivity index (χ0) is 15.1. The smallest absolute Gasteiger partial charge is 0.319 e. The van der Waals surface area contributed by atoms with Crippen molar-refractivity contribution in [3.8, 4) is 0 Å². The minimum atomic E-state index is -0.203. The van der Waals surface area contributed by atoms with Gasteiger partial charge in [-0.15, -0.1) is 0 Å². The predicted octanol–water partition coefficient (Wildman–Crippen LogP) is 3.79. The molecule has 0 aromatic heterocycles. The van der Waals surface area contributed by atoms with E-state index in [1.807, 2.05) is 27.9 Å². The van der Waals surface area contributed by atoms with Crippen molar-refractivity contribution in [2.75, 3.05) is 19.0 Å². The molecule has 4 heteroatoms. The number of esters is 1. The van der Waals surface area contributed by atoms with Crippen LogP contribution in [0.5, 0.6) is 0 Å². The van der Waals surface area contributed by atoms with Gasteiger partial charge in [0.2, 0.25) is 0 Å². The number of alkyl halides is 1. The van der Waals surface area contributed by atoms with E-state index in [4.69, 9.17) is 4.74 Å². The van der Waals surface area contributed by atoms with Crippen LogP contribution in [0.4, 0.5) is 5.69 Å². The topological polar surface area (TPSA) is 29.5 Å². The standard InChI is InChI=1S/C16H24BrNO2/c1-12(2)20-16(19)15(17)7-5-6-13-8-10-14(11-9-13)18(3)4/h8-12,15H,5-7H2,1-4H3. The summed E-state index contributed by atoms with van der Waals surface area (Å²) < 4.78 is 5.17. The third-order valence-electron chi connectivity index (χ3n) is 2.98. The molecule has 0 radical (unpaired) electrons. The number of aryl methyl sites for hydroxylation is 1. The average Bonchev–Trinajstić information content (AvgIpc) is 2.38. The van der Waals surface area contributed by atoms with Crippen molar-refractivity contribution in [1.82, 2.24) is 0 Å². The van der Waals surface area contributed by atoms with E-state index in [-0.39, 0.29) is 16.9 Å². The fourth-order valence-corrected chi connectivity index (χ4v) is 2.30. The Labute approximate surface area is 130 Å². The molecule has 0 saturated heterocycles. The number of benzene rings is 1. The molecule has 1 unspecified atom stereocenters. The summed E-state index contributed by atoms with van der Waals surface area (Å²) in [5.41, 5.74) is 2.50. The summed E-state index contributed by atoms with van der Waals surface area (Å²) in [7, 11) is 4.07. The van der Waals surface area contributed by atoms with Crippen LogP contribution in [0.3, 0.4) is 0 Å². The Morgan fingerprint density at radius 2 is 1.85 bits per heavy atom. The van der Waals surface area contributed by atoms with Gasteiger partial charge in [-0.1, -0.05) is 28.1 Å². The van der Waals surface area contributed by atoms with Crippen LogP contribution in [-0.4, -0.2) is 31.0 Å². The van der Waals surface area contributed by atoms with Crippen LogP contribution in [0.25, 0.3) is 0 Å². The maximum atomic E-state index is 11.6. The first-order valence-electron chi connectivity index (χ1n) is 7.01. The van der Waals surface area contributed by atoms with Gasteiger partial charge in [0, 0.05) is 19.8 Å². The van der Waals surface area contributed by atoms with Crippen LogP contribution in [-0.2, 0) is 16.0 Å². The van der Waals surface area contributed by atoms with Gasteiger partial charge in [0.25, 0.3) is 0 Å². The zero-order valence-corrected chi connectivity index (χ0v) is 14.3. The number of carbonyl (C=O) groups is 1. The zero-order valence-electron chi connectivity index (χ0n) is 12.7. The van der Waals surface area contributed by atoms with Gasteiger partial charge in [-0.25, -0.2) is 0 Å². The molecule has 1 aromatic carbocycles. The lowest BCUT2D eigenvalue weighted by Gasteiger charge is -2.14. The molecular weight excluding hydrogens is 318 g/mol. The average molecular weight is 342 g/mol. The molecule has 0 aliphatic rings. The van der Waals surface area contributed by atoms with E-state index in [9.17, 15) is 4.79 Å². The maximum absolute atomic E-state index is 11.6. The third kappa shape index (κ3) is 5.95. The first-order chi connectivity index (χ1) is 9.40. The fraction of sp³-hybridized carbons (Fsp3) is 0.562. The highest BCUT2D eigenvalue weighted by Crippen LogP contribution is 2.17. The van der Waals surface area contributed by atoms with Crippen molar-refractivity contribution in [3.05, 3.63) is 29.8 Å². The number of nitrogens with zero attached hydrogens (tertiary/aromatic N) is 1. The Morgan fingerprint density at radius 3 is 2.35 bits per heavy atom. The molecule has 1 atom stereocenters. The number of hydrogen-bond donors (Lipinski definition) is 0. The van der Waals surface area contributed by atoms with Crippen LogP contribution in [0, 0.1) is 0 Å². The monoisotopic (exact) mass is 341 g/mol. The van der Waals surface area contributed by atoms with Gasteiger partial charge < -0.3 is 9.64 Å². The molecule has 0 N–H and O–H groups in total. The van der Waals surface area contributed by atoms with Crippen molar-refractivity contribution in [2.45, 2.75) is 44.0 Å². The summed E-state index contributed by atoms with van der Waals surface area (Å²) in [6.45, 7) is 3.73. The van der Waals surface area contributed by atoms with Gasteiger partial charge in [-0.2, -0.15) is 0 Å². The van der Waals surface area contributed by atoms with Crippen molar-refractivity contribution < 1.29 is 9.53 Å². The molecule has 0 amide bonds. The summed E-state index contributed by atoms with van der Waals surface area (Å²) in [4.78, 5) is 13.5. The van der Waals surface area contributed by atoms with E-state index >= 15 is 0 Å². The second-order valence-electron chi connectivity index (χ2n) is 5.41. The molecule has 20 heavy (non-hydrogen) atoms. The predicted molar refractivity (Wildman–Crippen MR) is 87.7 cm³/mol. The maximum Gasteiger partial charge on any atom is 0.319 e. The van der Waals surface area contributed by atoms with E-state index in [1.54, 1.807) is 0 Å². The van der Waals surface area contributed by atoms with Crippen LogP contribution in [0.1, 0.15) is 32.3 Å². The van der Waals surface area contributed by atoms with Gasteiger partial charge in [-0.05, 0) is 50.8 Å². The van der Waals surface area contributed by atoms with E-state index in [1.165, 1.54) is 11.3 Å². The first-order valence-corrected chi connectivity index (χ1v) is 7.92. The lowest BCUT2D eigenvalue weighted by molar-refractivity contribution is -0.146. The molecule has 0 saturated carbocycles. The first kappa shape index (κ1) is 17.0. The fourth-order valence-electron chi connectivity index (χ4n) is 1.87. The van der Waals surface area contributed by atoms with Gasteiger partial charge in [-0.3, -0.25) is 4.79 Å². The lowest BCUT2D eigenvalue weighted by atomic mass is 10.1.